The van der Waals surface area contributed by atoms with Crippen LogP contribution in [0.3, 0.4) is 0 Å². The third kappa shape index (κ3) is 15.6. The summed E-state index contributed by atoms with van der Waals surface area (Å²) in [7, 11) is 0. The SMILES string of the molecule is CCCCCCCCCCCCCC(=O)OC(CC)CC(=O)O. The van der Waals surface area contributed by atoms with Gasteiger partial charge in [0.2, 0.25) is 0 Å². The monoisotopic (exact) mass is 328 g/mol. The van der Waals surface area contributed by atoms with E-state index in [0.29, 0.717) is 12.8 Å². The van der Waals surface area contributed by atoms with E-state index in [2.05, 4.69) is 6.92 Å². The molecule has 0 spiro atoms. The van der Waals surface area contributed by atoms with Crippen molar-refractivity contribution in [1.82, 2.24) is 0 Å². The lowest BCUT2D eigenvalue weighted by molar-refractivity contribution is -0.153. The molecule has 0 aliphatic carbocycles. The molecule has 0 saturated carbocycles. The normalized spacial score (nSPS) is 12.1. The Balaban J connectivity index is 3.40. The highest BCUT2D eigenvalue weighted by molar-refractivity contribution is 5.71. The minimum absolute atomic E-state index is 0.0967. The first kappa shape index (κ1) is 21.9. The van der Waals surface area contributed by atoms with Gasteiger partial charge in [0.1, 0.15) is 6.10 Å². The van der Waals surface area contributed by atoms with Gasteiger partial charge >= 0.3 is 11.9 Å². The second-order valence-corrected chi connectivity index (χ2v) is 6.40. The lowest BCUT2D eigenvalue weighted by Crippen LogP contribution is -2.20. The fraction of sp³-hybridized carbons (Fsp3) is 0.895. The van der Waals surface area contributed by atoms with Crippen LogP contribution < -0.4 is 0 Å². The fourth-order valence-corrected chi connectivity index (χ4v) is 2.64. The molecule has 23 heavy (non-hydrogen) atoms. The van der Waals surface area contributed by atoms with Crippen molar-refractivity contribution >= 4 is 11.9 Å². The van der Waals surface area contributed by atoms with Crippen LogP contribution in [-0.2, 0) is 14.3 Å². The first-order valence-electron chi connectivity index (χ1n) is 9.51. The molecule has 0 heterocycles. The Hall–Kier alpha value is -1.06. The Morgan fingerprint density at radius 3 is 1.74 bits per heavy atom. The molecular weight excluding hydrogens is 292 g/mol. The molecule has 136 valence electrons. The maximum Gasteiger partial charge on any atom is 0.307 e. The minimum Gasteiger partial charge on any atom is -0.481 e. The highest BCUT2D eigenvalue weighted by atomic mass is 16.5. The van der Waals surface area contributed by atoms with Crippen LogP contribution in [0.5, 0.6) is 0 Å². The third-order valence-corrected chi connectivity index (χ3v) is 4.14. The van der Waals surface area contributed by atoms with Crippen LogP contribution in [-0.4, -0.2) is 23.1 Å². The summed E-state index contributed by atoms with van der Waals surface area (Å²) in [6.07, 6.45) is 14.1. The van der Waals surface area contributed by atoms with Gasteiger partial charge in [-0.05, 0) is 12.8 Å². The van der Waals surface area contributed by atoms with E-state index in [1.807, 2.05) is 6.92 Å². The van der Waals surface area contributed by atoms with Gasteiger partial charge in [-0.25, -0.2) is 0 Å². The van der Waals surface area contributed by atoms with E-state index in [9.17, 15) is 9.59 Å². The van der Waals surface area contributed by atoms with Gasteiger partial charge in [-0.3, -0.25) is 9.59 Å². The van der Waals surface area contributed by atoms with E-state index in [1.165, 1.54) is 57.8 Å². The third-order valence-electron chi connectivity index (χ3n) is 4.14. The molecule has 1 N–H and O–H groups in total. The first-order valence-corrected chi connectivity index (χ1v) is 9.51. The van der Waals surface area contributed by atoms with Gasteiger partial charge in [0.15, 0.2) is 0 Å². The molecule has 0 fully saturated rings. The lowest BCUT2D eigenvalue weighted by atomic mass is 10.1. The van der Waals surface area contributed by atoms with Crippen LogP contribution >= 0.6 is 0 Å². The molecule has 1 unspecified atom stereocenters. The zero-order chi connectivity index (χ0) is 17.3. The molecule has 0 aromatic carbocycles. The van der Waals surface area contributed by atoms with Crippen molar-refractivity contribution in [3.8, 4) is 0 Å². The highest BCUT2D eigenvalue weighted by Crippen LogP contribution is 2.13. The van der Waals surface area contributed by atoms with E-state index < -0.39 is 12.1 Å². The summed E-state index contributed by atoms with van der Waals surface area (Å²) in [5.41, 5.74) is 0. The van der Waals surface area contributed by atoms with Crippen LogP contribution in [0, 0.1) is 0 Å². The summed E-state index contributed by atoms with van der Waals surface area (Å²) >= 11 is 0. The second-order valence-electron chi connectivity index (χ2n) is 6.40. The maximum absolute atomic E-state index is 11.6. The fourth-order valence-electron chi connectivity index (χ4n) is 2.64. The number of hydrogen-bond acceptors (Lipinski definition) is 3. The standard InChI is InChI=1S/C19H36O4/c1-3-5-6-7-8-9-10-11-12-13-14-15-19(22)23-17(4-2)16-18(20)21/h17H,3-16H2,1-2H3,(H,20,21). The van der Waals surface area contributed by atoms with Gasteiger partial charge in [-0.2, -0.15) is 0 Å². The zero-order valence-electron chi connectivity index (χ0n) is 15.1. The number of carbonyl (C=O) groups excluding carboxylic acids is 1. The number of aliphatic carboxylic acids is 1. The molecular formula is C19H36O4. The summed E-state index contributed by atoms with van der Waals surface area (Å²) in [5, 5.41) is 8.71. The minimum atomic E-state index is -0.917. The molecule has 0 aromatic heterocycles. The first-order chi connectivity index (χ1) is 11.1. The molecule has 0 aliphatic rings. The molecule has 0 rings (SSSR count). The molecule has 0 saturated heterocycles. The van der Waals surface area contributed by atoms with Crippen molar-refractivity contribution in [2.45, 2.75) is 110 Å². The Morgan fingerprint density at radius 1 is 0.826 bits per heavy atom. The van der Waals surface area contributed by atoms with Crippen LogP contribution in [0.25, 0.3) is 0 Å². The largest absolute Gasteiger partial charge is 0.481 e. The van der Waals surface area contributed by atoms with Gasteiger partial charge in [-0.15, -0.1) is 0 Å². The molecule has 0 bridgehead atoms. The maximum atomic E-state index is 11.6. The van der Waals surface area contributed by atoms with Crippen LogP contribution in [0.15, 0.2) is 0 Å². The predicted molar refractivity (Wildman–Crippen MR) is 93.5 cm³/mol. The topological polar surface area (TPSA) is 63.6 Å². The van der Waals surface area contributed by atoms with E-state index in [4.69, 9.17) is 9.84 Å². The van der Waals surface area contributed by atoms with Crippen molar-refractivity contribution < 1.29 is 19.4 Å². The number of ether oxygens (including phenoxy) is 1. The molecule has 4 heteroatoms. The zero-order valence-corrected chi connectivity index (χ0v) is 15.1. The number of hydrogen-bond donors (Lipinski definition) is 1. The van der Waals surface area contributed by atoms with E-state index in [0.717, 1.165) is 12.8 Å². The van der Waals surface area contributed by atoms with E-state index in [-0.39, 0.29) is 12.4 Å². The summed E-state index contributed by atoms with van der Waals surface area (Å²) < 4.78 is 5.18. The van der Waals surface area contributed by atoms with Crippen molar-refractivity contribution in [3.05, 3.63) is 0 Å². The predicted octanol–water partition coefficient (Wildman–Crippen LogP) is 5.48. The molecule has 0 radical (unpaired) electrons. The number of unbranched alkanes of at least 4 members (excludes halogenated alkanes) is 10. The van der Waals surface area contributed by atoms with Crippen LogP contribution in [0.1, 0.15) is 104 Å². The summed E-state index contributed by atoms with van der Waals surface area (Å²) in [4.78, 5) is 22.3. The van der Waals surface area contributed by atoms with E-state index in [1.54, 1.807) is 0 Å². The molecule has 1 atom stereocenters. The van der Waals surface area contributed by atoms with Gasteiger partial charge in [0.05, 0.1) is 6.42 Å². The quantitative estimate of drug-likeness (QED) is 0.301. The van der Waals surface area contributed by atoms with Crippen molar-refractivity contribution in [2.24, 2.45) is 0 Å². The van der Waals surface area contributed by atoms with Gasteiger partial charge < -0.3 is 9.84 Å². The highest BCUT2D eigenvalue weighted by Gasteiger charge is 2.15. The Labute approximate surface area is 142 Å². The molecule has 0 aromatic rings. The van der Waals surface area contributed by atoms with Crippen LogP contribution in [0.4, 0.5) is 0 Å². The molecule has 0 aliphatic heterocycles. The van der Waals surface area contributed by atoms with E-state index >= 15 is 0 Å². The average molecular weight is 328 g/mol. The second kappa shape index (κ2) is 15.8. The van der Waals surface area contributed by atoms with Gasteiger partial charge in [-0.1, -0.05) is 78.1 Å². The van der Waals surface area contributed by atoms with Crippen molar-refractivity contribution in [1.29, 1.82) is 0 Å². The number of carbonyl (C=O) groups is 2. The number of carboxylic acids is 1. The summed E-state index contributed by atoms with van der Waals surface area (Å²) in [6.45, 7) is 4.08. The van der Waals surface area contributed by atoms with Crippen molar-refractivity contribution in [2.75, 3.05) is 0 Å². The average Bonchev–Trinajstić information content (AvgIpc) is 2.51. The lowest BCUT2D eigenvalue weighted by Gasteiger charge is -2.13. The molecule has 0 amide bonds. The number of carboxylic acid groups (broad SMARTS) is 1. The Kier molecular flexibility index (Phi) is 15.1. The van der Waals surface area contributed by atoms with Gasteiger partial charge in [0, 0.05) is 6.42 Å². The molecule has 4 nitrogen and oxygen atoms in total. The smallest absolute Gasteiger partial charge is 0.307 e. The van der Waals surface area contributed by atoms with Crippen LogP contribution in [0.2, 0.25) is 0 Å². The summed E-state index contributed by atoms with van der Waals surface area (Å²) in [6, 6.07) is 0. The number of esters is 1. The Bertz CT molecular complexity index is 302. The van der Waals surface area contributed by atoms with Gasteiger partial charge in [0.25, 0.3) is 0 Å². The van der Waals surface area contributed by atoms with Crippen molar-refractivity contribution in [3.63, 3.8) is 0 Å². The summed E-state index contributed by atoms with van der Waals surface area (Å²) in [5.74, 6) is -1.17. The number of rotatable bonds is 16. The Morgan fingerprint density at radius 2 is 1.30 bits per heavy atom.